The fraction of sp³-hybridized carbons (Fsp3) is 0.789. The van der Waals surface area contributed by atoms with Crippen molar-refractivity contribution < 1.29 is 0 Å². The van der Waals surface area contributed by atoms with Gasteiger partial charge in [-0.3, -0.25) is 0 Å². The molecular formula is C19H43N3Si4. The Balaban J connectivity index is 2.04. The summed E-state index contributed by atoms with van der Waals surface area (Å²) in [4.78, 5) is 0. The predicted octanol–water partition coefficient (Wildman–Crippen LogP) is 4.49. The summed E-state index contributed by atoms with van der Waals surface area (Å²) in [6.45, 7) is 35.0. The van der Waals surface area contributed by atoms with Crippen LogP contribution < -0.4 is 0 Å². The highest BCUT2D eigenvalue weighted by molar-refractivity contribution is 6.99. The van der Waals surface area contributed by atoms with E-state index in [2.05, 4.69) is 90.3 Å². The zero-order chi connectivity index (χ0) is 20.0. The number of hydrogen-bond acceptors (Lipinski definition) is 3. The van der Waals surface area contributed by atoms with Crippen LogP contribution in [0.25, 0.3) is 0 Å². The average molecular weight is 426 g/mol. The van der Waals surface area contributed by atoms with Crippen molar-refractivity contribution in [2.24, 2.45) is 0 Å². The average Bonchev–Trinajstić information content (AvgIpc) is 3.01. The van der Waals surface area contributed by atoms with Crippen LogP contribution in [0.3, 0.4) is 0 Å². The molecule has 2 saturated heterocycles. The maximum absolute atomic E-state index is 4.19. The van der Waals surface area contributed by atoms with E-state index in [9.17, 15) is 0 Å². The second kappa shape index (κ2) is 7.57. The second-order valence-electron chi connectivity index (χ2n) is 10.5. The van der Waals surface area contributed by atoms with Gasteiger partial charge in [0.25, 0.3) is 0 Å². The zero-order valence-electron chi connectivity index (χ0n) is 18.7. The van der Waals surface area contributed by atoms with Gasteiger partial charge in [-0.2, -0.15) is 0 Å². The Kier molecular flexibility index (Phi) is 6.56. The van der Waals surface area contributed by atoms with Gasteiger partial charge in [0.05, 0.1) is 8.07 Å². The van der Waals surface area contributed by atoms with Crippen molar-refractivity contribution in [2.45, 2.75) is 64.0 Å². The van der Waals surface area contributed by atoms with Crippen LogP contribution in [-0.2, 0) is 0 Å². The molecule has 0 bridgehead atoms. The van der Waals surface area contributed by atoms with Gasteiger partial charge in [-0.05, 0) is 37.8 Å². The Morgan fingerprint density at radius 2 is 1.46 bits per heavy atom. The highest BCUT2D eigenvalue weighted by Gasteiger charge is 2.51. The molecule has 0 saturated carbocycles. The lowest BCUT2D eigenvalue weighted by molar-refractivity contribution is 0.375. The highest BCUT2D eigenvalue weighted by Crippen LogP contribution is 2.43. The lowest BCUT2D eigenvalue weighted by atomic mass is 10.4. The van der Waals surface area contributed by atoms with Gasteiger partial charge >= 0.3 is 0 Å². The molecule has 0 aromatic rings. The molecule has 1 unspecified atom stereocenters. The van der Waals surface area contributed by atoms with Crippen molar-refractivity contribution in [3.05, 3.63) is 24.6 Å². The normalized spacial score (nSPS) is 27.8. The number of rotatable bonds is 7. The van der Waals surface area contributed by atoms with Crippen molar-refractivity contribution in [2.75, 3.05) is 32.7 Å². The van der Waals surface area contributed by atoms with Gasteiger partial charge in [0.15, 0.2) is 8.40 Å². The summed E-state index contributed by atoms with van der Waals surface area (Å²) in [5.74, 6) is 0. The molecule has 0 radical (unpaired) electrons. The van der Waals surface area contributed by atoms with E-state index in [-0.39, 0.29) is 0 Å². The van der Waals surface area contributed by atoms with E-state index in [1.54, 1.807) is 0 Å². The zero-order valence-corrected chi connectivity index (χ0v) is 22.7. The maximum Gasteiger partial charge on any atom is 0.194 e. The smallest absolute Gasteiger partial charge is 0.194 e. The highest BCUT2D eigenvalue weighted by atomic mass is 28.4. The topological polar surface area (TPSA) is 9.72 Å². The number of hydrogen-bond donors (Lipinski definition) is 0. The fourth-order valence-corrected chi connectivity index (χ4v) is 27.2. The third-order valence-corrected chi connectivity index (χ3v) is 28.7. The molecule has 0 amide bonds. The van der Waals surface area contributed by atoms with Gasteiger partial charge in [-0.1, -0.05) is 45.0 Å². The van der Waals surface area contributed by atoms with Crippen LogP contribution in [0, 0.1) is 0 Å². The summed E-state index contributed by atoms with van der Waals surface area (Å²) in [7, 11) is -5.57. The summed E-state index contributed by atoms with van der Waals surface area (Å²) in [5.41, 5.74) is 4.61. The molecule has 150 valence electrons. The molecule has 0 aromatic heterocycles. The lowest BCUT2D eigenvalue weighted by Crippen LogP contribution is -2.63. The lowest BCUT2D eigenvalue weighted by Gasteiger charge is -2.44. The summed E-state index contributed by atoms with van der Waals surface area (Å²) in [5, 5.41) is 0.958. The van der Waals surface area contributed by atoms with E-state index < -0.39 is 32.9 Å². The minimum Gasteiger partial charge on any atom is -0.329 e. The molecule has 0 N–H and O–H groups in total. The van der Waals surface area contributed by atoms with Crippen LogP contribution in [0.15, 0.2) is 24.6 Å². The van der Waals surface area contributed by atoms with E-state index in [0.717, 1.165) is 5.16 Å². The van der Waals surface area contributed by atoms with Gasteiger partial charge < -0.3 is 13.4 Å². The predicted molar refractivity (Wildman–Crippen MR) is 129 cm³/mol. The third kappa shape index (κ3) is 3.99. The van der Waals surface area contributed by atoms with E-state index in [0.29, 0.717) is 0 Å². The van der Waals surface area contributed by atoms with E-state index in [4.69, 9.17) is 0 Å². The van der Waals surface area contributed by atoms with Crippen molar-refractivity contribution in [1.29, 1.82) is 0 Å². The molecule has 2 rings (SSSR count). The van der Waals surface area contributed by atoms with Crippen LogP contribution in [-0.4, -0.2) is 79.0 Å². The molecular weight excluding hydrogens is 383 g/mol. The van der Waals surface area contributed by atoms with Crippen molar-refractivity contribution in [3.8, 4) is 0 Å². The molecule has 2 fully saturated rings. The summed E-state index contributed by atoms with van der Waals surface area (Å²) in [6, 6.07) is 0. The molecule has 0 aromatic carbocycles. The van der Waals surface area contributed by atoms with Gasteiger partial charge in [-0.15, -0.1) is 18.9 Å². The summed E-state index contributed by atoms with van der Waals surface area (Å²) < 4.78 is 8.66. The van der Waals surface area contributed by atoms with Crippen LogP contribution >= 0.6 is 0 Å². The Morgan fingerprint density at radius 1 is 0.885 bits per heavy atom. The van der Waals surface area contributed by atoms with Crippen LogP contribution in [0.2, 0.25) is 57.5 Å². The monoisotopic (exact) mass is 425 g/mol. The van der Waals surface area contributed by atoms with Gasteiger partial charge in [0.1, 0.15) is 16.5 Å². The Morgan fingerprint density at radius 3 is 2.00 bits per heavy atom. The van der Waals surface area contributed by atoms with E-state index in [1.807, 2.05) is 0 Å². The summed E-state index contributed by atoms with van der Waals surface area (Å²) >= 11 is 0. The van der Waals surface area contributed by atoms with Crippen molar-refractivity contribution in [1.82, 2.24) is 13.4 Å². The molecule has 1 atom stereocenters. The van der Waals surface area contributed by atoms with E-state index in [1.165, 1.54) is 39.1 Å². The largest absolute Gasteiger partial charge is 0.329 e. The molecule has 2 aliphatic rings. The van der Waals surface area contributed by atoms with Crippen LogP contribution in [0.5, 0.6) is 0 Å². The molecule has 0 aliphatic carbocycles. The van der Waals surface area contributed by atoms with Gasteiger partial charge in [0, 0.05) is 19.6 Å². The summed E-state index contributed by atoms with van der Waals surface area (Å²) in [6.07, 6.45) is 1.41. The first-order chi connectivity index (χ1) is 11.8. The third-order valence-electron chi connectivity index (χ3n) is 7.64. The molecule has 3 nitrogen and oxygen atoms in total. The first-order valence-corrected chi connectivity index (χ1v) is 22.5. The standard InChI is InChI=1S/C19H43N3Si4/c1-11-23(3,4)19-13-14-20(25(19,7)8)15-16-21-17-18-22(26(21,9)10)24(5,6)12-2/h11-12,19H,1-2,13-18H2,3-10H3. The number of nitrogens with zero attached hydrogens (tertiary/aromatic N) is 3. The molecule has 0 spiro atoms. The first kappa shape index (κ1) is 22.5. The van der Waals surface area contributed by atoms with E-state index >= 15 is 0 Å². The van der Waals surface area contributed by atoms with Crippen LogP contribution in [0.4, 0.5) is 0 Å². The Hall–Kier alpha value is 0.228. The molecule has 2 heterocycles. The first-order valence-electron chi connectivity index (χ1n) is 10.4. The second-order valence-corrected chi connectivity index (χ2v) is 29.3. The molecule has 7 heteroatoms. The minimum atomic E-state index is -1.50. The fourth-order valence-electron chi connectivity index (χ4n) is 5.64. The van der Waals surface area contributed by atoms with Crippen molar-refractivity contribution in [3.63, 3.8) is 0 Å². The van der Waals surface area contributed by atoms with Crippen molar-refractivity contribution >= 4 is 32.9 Å². The molecule has 26 heavy (non-hydrogen) atoms. The van der Waals surface area contributed by atoms with Crippen LogP contribution in [0.1, 0.15) is 6.42 Å². The minimum absolute atomic E-state index is 0.958. The Bertz CT molecular complexity index is 497. The van der Waals surface area contributed by atoms with Gasteiger partial charge in [0.2, 0.25) is 0 Å². The maximum atomic E-state index is 4.19. The SMILES string of the molecule is C=C[Si](C)(C)C1CCN(CCN2CCN([Si](C)(C)C=C)[Si]2(C)C)[Si]1(C)C. The molecule has 2 aliphatic heterocycles. The quantitative estimate of drug-likeness (QED) is 0.556. The van der Waals surface area contributed by atoms with Gasteiger partial charge in [-0.25, -0.2) is 0 Å². The Labute approximate surface area is 167 Å².